The summed E-state index contributed by atoms with van der Waals surface area (Å²) >= 11 is 0. The third-order valence-corrected chi connectivity index (χ3v) is 3.46. The number of nitrogens with zero attached hydrogens (tertiary/aromatic N) is 3. The highest BCUT2D eigenvalue weighted by Crippen LogP contribution is 2.27. The maximum atomic E-state index is 13.5. The molecule has 0 aliphatic heterocycles. The van der Waals surface area contributed by atoms with E-state index in [2.05, 4.69) is 9.97 Å². The zero-order chi connectivity index (χ0) is 15.0. The second-order valence-electron chi connectivity index (χ2n) is 5.29. The Morgan fingerprint density at radius 3 is 2.67 bits per heavy atom. The van der Waals surface area contributed by atoms with E-state index >= 15 is 0 Å². The minimum absolute atomic E-state index is 0.155. The number of benzene rings is 1. The number of nitrogens with two attached hydrogens (primary N) is 1. The van der Waals surface area contributed by atoms with Gasteiger partial charge in [-0.15, -0.1) is 0 Å². The standard InChI is InChI=1S/C16H17FN4/c1-10(2)21-15-7-12(17)4-6-13(15)20-16(21)14-5-3-11(8-18)9-19-14/h3-7,9-10H,8,18H2,1-2H3. The van der Waals surface area contributed by atoms with Gasteiger partial charge in [-0.05, 0) is 43.7 Å². The van der Waals surface area contributed by atoms with Crippen LogP contribution in [0.25, 0.3) is 22.6 Å². The minimum atomic E-state index is -0.262. The summed E-state index contributed by atoms with van der Waals surface area (Å²) in [5.74, 6) is 0.483. The monoisotopic (exact) mass is 284 g/mol. The number of aromatic nitrogens is 3. The average Bonchev–Trinajstić information content (AvgIpc) is 2.86. The lowest BCUT2D eigenvalue weighted by Crippen LogP contribution is -2.04. The number of hydrogen-bond acceptors (Lipinski definition) is 3. The van der Waals surface area contributed by atoms with Crippen molar-refractivity contribution in [1.82, 2.24) is 14.5 Å². The maximum Gasteiger partial charge on any atom is 0.160 e. The fourth-order valence-electron chi connectivity index (χ4n) is 2.45. The molecule has 0 aliphatic rings. The molecule has 0 saturated carbocycles. The molecule has 0 radical (unpaired) electrons. The molecule has 0 bridgehead atoms. The molecule has 2 heterocycles. The number of pyridine rings is 1. The molecule has 0 amide bonds. The Hall–Kier alpha value is -2.27. The lowest BCUT2D eigenvalue weighted by atomic mass is 10.2. The fourth-order valence-corrected chi connectivity index (χ4v) is 2.45. The molecule has 0 atom stereocenters. The van der Waals surface area contributed by atoms with Crippen molar-refractivity contribution in [3.8, 4) is 11.5 Å². The lowest BCUT2D eigenvalue weighted by molar-refractivity contribution is 0.612. The summed E-state index contributed by atoms with van der Waals surface area (Å²) in [7, 11) is 0. The smallest absolute Gasteiger partial charge is 0.160 e. The van der Waals surface area contributed by atoms with Crippen molar-refractivity contribution >= 4 is 11.0 Å². The van der Waals surface area contributed by atoms with E-state index in [1.165, 1.54) is 12.1 Å². The van der Waals surface area contributed by atoms with Gasteiger partial charge in [-0.1, -0.05) is 6.07 Å². The Kier molecular flexibility index (Phi) is 3.43. The first-order valence-corrected chi connectivity index (χ1v) is 6.93. The van der Waals surface area contributed by atoms with Gasteiger partial charge in [0.2, 0.25) is 0 Å². The Morgan fingerprint density at radius 2 is 2.05 bits per heavy atom. The van der Waals surface area contributed by atoms with Crippen molar-refractivity contribution in [3.05, 3.63) is 47.9 Å². The summed E-state index contributed by atoms with van der Waals surface area (Å²) in [5.41, 5.74) is 8.87. The van der Waals surface area contributed by atoms with Gasteiger partial charge >= 0.3 is 0 Å². The molecule has 0 saturated heterocycles. The van der Waals surface area contributed by atoms with Gasteiger partial charge < -0.3 is 10.3 Å². The first-order chi connectivity index (χ1) is 10.1. The highest BCUT2D eigenvalue weighted by Gasteiger charge is 2.16. The number of hydrogen-bond donors (Lipinski definition) is 1. The van der Waals surface area contributed by atoms with Crippen LogP contribution in [0.5, 0.6) is 0 Å². The molecule has 21 heavy (non-hydrogen) atoms. The van der Waals surface area contributed by atoms with Gasteiger partial charge in [0.25, 0.3) is 0 Å². The number of rotatable bonds is 3. The molecule has 0 fully saturated rings. The van der Waals surface area contributed by atoms with Crippen molar-refractivity contribution in [2.75, 3.05) is 0 Å². The summed E-state index contributed by atoms with van der Waals surface area (Å²) in [6, 6.07) is 8.63. The van der Waals surface area contributed by atoms with Crippen molar-refractivity contribution in [2.45, 2.75) is 26.4 Å². The van der Waals surface area contributed by atoms with E-state index in [1.807, 2.05) is 30.5 Å². The van der Waals surface area contributed by atoms with Crippen LogP contribution in [0.4, 0.5) is 4.39 Å². The third kappa shape index (κ3) is 2.40. The van der Waals surface area contributed by atoms with Crippen molar-refractivity contribution in [2.24, 2.45) is 5.73 Å². The zero-order valence-corrected chi connectivity index (χ0v) is 12.0. The summed E-state index contributed by atoms with van der Waals surface area (Å²) in [6.45, 7) is 4.55. The average molecular weight is 284 g/mol. The Balaban J connectivity index is 2.23. The topological polar surface area (TPSA) is 56.7 Å². The van der Waals surface area contributed by atoms with Crippen molar-refractivity contribution in [1.29, 1.82) is 0 Å². The van der Waals surface area contributed by atoms with Gasteiger partial charge in [-0.3, -0.25) is 4.98 Å². The summed E-state index contributed by atoms with van der Waals surface area (Å²) in [6.07, 6.45) is 1.75. The van der Waals surface area contributed by atoms with Crippen molar-refractivity contribution < 1.29 is 4.39 Å². The number of halogens is 1. The van der Waals surface area contributed by atoms with E-state index in [1.54, 1.807) is 12.3 Å². The van der Waals surface area contributed by atoms with Gasteiger partial charge in [-0.2, -0.15) is 0 Å². The van der Waals surface area contributed by atoms with Gasteiger partial charge in [0.1, 0.15) is 11.5 Å². The maximum absolute atomic E-state index is 13.5. The molecule has 2 aromatic heterocycles. The molecule has 2 N–H and O–H groups in total. The van der Waals surface area contributed by atoms with E-state index in [0.29, 0.717) is 6.54 Å². The highest BCUT2D eigenvalue weighted by molar-refractivity contribution is 5.80. The molecule has 3 aromatic rings. The predicted molar refractivity (Wildman–Crippen MR) is 81.2 cm³/mol. The van der Waals surface area contributed by atoms with Crippen molar-refractivity contribution in [3.63, 3.8) is 0 Å². The van der Waals surface area contributed by atoms with Crippen LogP contribution in [0.1, 0.15) is 25.5 Å². The van der Waals surface area contributed by atoms with Gasteiger partial charge in [-0.25, -0.2) is 9.37 Å². The Bertz CT molecular complexity index is 775. The molecule has 5 heteroatoms. The normalized spacial score (nSPS) is 11.5. The Labute approximate surface area is 122 Å². The molecular formula is C16H17FN4. The van der Waals surface area contributed by atoms with Crippen LogP contribution >= 0.6 is 0 Å². The minimum Gasteiger partial charge on any atom is -0.326 e. The van der Waals surface area contributed by atoms with E-state index in [0.717, 1.165) is 28.1 Å². The zero-order valence-electron chi connectivity index (χ0n) is 12.0. The van der Waals surface area contributed by atoms with Crippen LogP contribution < -0.4 is 5.73 Å². The largest absolute Gasteiger partial charge is 0.326 e. The van der Waals surface area contributed by atoms with Gasteiger partial charge in [0.05, 0.1) is 11.0 Å². The van der Waals surface area contributed by atoms with Crippen LogP contribution in [0, 0.1) is 5.82 Å². The van der Waals surface area contributed by atoms with Gasteiger partial charge in [0, 0.05) is 18.8 Å². The van der Waals surface area contributed by atoms with Crippen LogP contribution in [-0.4, -0.2) is 14.5 Å². The fraction of sp³-hybridized carbons (Fsp3) is 0.250. The van der Waals surface area contributed by atoms with E-state index in [4.69, 9.17) is 5.73 Å². The van der Waals surface area contributed by atoms with Crippen LogP contribution in [0.3, 0.4) is 0 Å². The molecule has 0 spiro atoms. The summed E-state index contributed by atoms with van der Waals surface area (Å²) in [5, 5.41) is 0. The van der Waals surface area contributed by atoms with E-state index < -0.39 is 0 Å². The Morgan fingerprint density at radius 1 is 1.24 bits per heavy atom. The van der Waals surface area contributed by atoms with E-state index in [-0.39, 0.29) is 11.9 Å². The second-order valence-corrected chi connectivity index (χ2v) is 5.29. The first-order valence-electron chi connectivity index (χ1n) is 6.93. The molecule has 108 valence electrons. The summed E-state index contributed by atoms with van der Waals surface area (Å²) in [4.78, 5) is 9.03. The predicted octanol–water partition coefficient (Wildman–Crippen LogP) is 3.28. The number of fused-ring (bicyclic) bond motifs is 1. The number of imidazole rings is 1. The molecular weight excluding hydrogens is 267 g/mol. The second kappa shape index (κ2) is 5.26. The molecule has 0 aliphatic carbocycles. The van der Waals surface area contributed by atoms with E-state index in [9.17, 15) is 4.39 Å². The SMILES string of the molecule is CC(C)n1c(-c2ccc(CN)cn2)nc2ccc(F)cc21. The molecule has 0 unspecified atom stereocenters. The van der Waals surface area contributed by atoms with Crippen LogP contribution in [0.2, 0.25) is 0 Å². The van der Waals surface area contributed by atoms with Gasteiger partial charge in [0.15, 0.2) is 5.82 Å². The third-order valence-electron chi connectivity index (χ3n) is 3.46. The first kappa shape index (κ1) is 13.7. The lowest BCUT2D eigenvalue weighted by Gasteiger charge is -2.12. The highest BCUT2D eigenvalue weighted by atomic mass is 19.1. The quantitative estimate of drug-likeness (QED) is 0.803. The molecule has 3 rings (SSSR count). The molecule has 1 aromatic carbocycles. The summed E-state index contributed by atoms with van der Waals surface area (Å²) < 4.78 is 15.5. The molecule has 4 nitrogen and oxygen atoms in total. The van der Waals surface area contributed by atoms with Crippen LogP contribution in [-0.2, 0) is 6.54 Å². The van der Waals surface area contributed by atoms with Crippen LogP contribution in [0.15, 0.2) is 36.5 Å².